The van der Waals surface area contributed by atoms with Crippen molar-refractivity contribution >= 4 is 6.03 Å². The lowest BCUT2D eigenvalue weighted by molar-refractivity contribution is 0.102. The van der Waals surface area contributed by atoms with Crippen molar-refractivity contribution in [1.29, 1.82) is 0 Å². The van der Waals surface area contributed by atoms with E-state index < -0.39 is 0 Å². The van der Waals surface area contributed by atoms with Gasteiger partial charge in [-0.15, -0.1) is 0 Å². The third-order valence-corrected chi connectivity index (χ3v) is 5.72. The lowest BCUT2D eigenvalue weighted by atomic mass is 9.80. The fraction of sp³-hybridized carbons (Fsp3) is 0.650. The first-order chi connectivity index (χ1) is 11.6. The summed E-state index contributed by atoms with van der Waals surface area (Å²) in [5.41, 5.74) is 1.39. The molecule has 1 heterocycles. The number of rotatable bonds is 4. The van der Waals surface area contributed by atoms with Crippen molar-refractivity contribution in [3.8, 4) is 0 Å². The second kappa shape index (κ2) is 7.56. The Balaban J connectivity index is 1.84. The molecule has 1 unspecified atom stereocenters. The van der Waals surface area contributed by atoms with Gasteiger partial charge in [0.15, 0.2) is 0 Å². The minimum absolute atomic E-state index is 0.0146. The third kappa shape index (κ3) is 3.92. The molecule has 1 N–H and O–H groups in total. The first-order valence-corrected chi connectivity index (χ1v) is 9.37. The summed E-state index contributed by atoms with van der Waals surface area (Å²) in [5.74, 6) is 0.726. The molecule has 4 nitrogen and oxygen atoms in total. The van der Waals surface area contributed by atoms with Gasteiger partial charge < -0.3 is 10.2 Å². The van der Waals surface area contributed by atoms with Gasteiger partial charge >= 0.3 is 6.03 Å². The highest BCUT2D eigenvalue weighted by Crippen LogP contribution is 2.37. The van der Waals surface area contributed by atoms with Crippen LogP contribution in [0.3, 0.4) is 0 Å². The lowest BCUT2D eigenvalue weighted by Crippen LogP contribution is -2.48. The van der Waals surface area contributed by atoms with Gasteiger partial charge in [-0.05, 0) is 64.1 Å². The van der Waals surface area contributed by atoms with E-state index in [0.717, 1.165) is 51.2 Å². The van der Waals surface area contributed by atoms with Gasteiger partial charge in [-0.3, -0.25) is 4.90 Å². The molecule has 0 spiro atoms. The van der Waals surface area contributed by atoms with Gasteiger partial charge in [0, 0.05) is 25.2 Å². The van der Waals surface area contributed by atoms with Gasteiger partial charge in [0.2, 0.25) is 0 Å². The van der Waals surface area contributed by atoms with Crippen LogP contribution in [-0.2, 0) is 5.54 Å². The van der Waals surface area contributed by atoms with E-state index in [0.29, 0.717) is 0 Å². The minimum Gasteiger partial charge on any atom is -0.338 e. The summed E-state index contributed by atoms with van der Waals surface area (Å²) < 4.78 is 0. The first-order valence-electron chi connectivity index (χ1n) is 9.37. The van der Waals surface area contributed by atoms with Crippen LogP contribution >= 0.6 is 0 Å². The molecule has 2 amide bonds. The Morgan fingerprint density at radius 2 is 1.92 bits per heavy atom. The third-order valence-electron chi connectivity index (χ3n) is 5.72. The Morgan fingerprint density at radius 3 is 2.58 bits per heavy atom. The van der Waals surface area contributed by atoms with Crippen LogP contribution in [0.1, 0.15) is 44.1 Å². The molecule has 0 aromatic heterocycles. The Labute approximate surface area is 146 Å². The van der Waals surface area contributed by atoms with Gasteiger partial charge in [0.25, 0.3) is 0 Å². The second-order valence-corrected chi connectivity index (χ2v) is 7.62. The summed E-state index contributed by atoms with van der Waals surface area (Å²) in [6, 6.07) is 11.0. The molecule has 1 saturated heterocycles. The van der Waals surface area contributed by atoms with Crippen LogP contribution in [0, 0.1) is 5.92 Å². The van der Waals surface area contributed by atoms with Crippen LogP contribution in [0.5, 0.6) is 0 Å². The Kier molecular flexibility index (Phi) is 5.44. The zero-order chi connectivity index (χ0) is 17.0. The SMILES string of the molecule is CN(C)C1(c2ccccc2)CCCCNC(=O)N(CC2CC2)CC1. The van der Waals surface area contributed by atoms with Crippen LogP contribution in [0.25, 0.3) is 0 Å². The van der Waals surface area contributed by atoms with E-state index >= 15 is 0 Å². The zero-order valence-electron chi connectivity index (χ0n) is 15.1. The molecule has 1 aliphatic heterocycles. The van der Waals surface area contributed by atoms with E-state index in [-0.39, 0.29) is 11.6 Å². The number of urea groups is 1. The van der Waals surface area contributed by atoms with Gasteiger partial charge in [-0.2, -0.15) is 0 Å². The monoisotopic (exact) mass is 329 g/mol. The lowest BCUT2D eigenvalue weighted by Gasteiger charge is -2.43. The van der Waals surface area contributed by atoms with Crippen LogP contribution in [0.2, 0.25) is 0 Å². The first kappa shape index (κ1) is 17.3. The van der Waals surface area contributed by atoms with Crippen molar-refractivity contribution in [3.63, 3.8) is 0 Å². The van der Waals surface area contributed by atoms with Crippen molar-refractivity contribution in [3.05, 3.63) is 35.9 Å². The quantitative estimate of drug-likeness (QED) is 0.918. The molecule has 1 aromatic rings. The van der Waals surface area contributed by atoms with Crippen LogP contribution in [-0.4, -0.2) is 49.6 Å². The topological polar surface area (TPSA) is 35.6 Å². The zero-order valence-corrected chi connectivity index (χ0v) is 15.1. The van der Waals surface area contributed by atoms with Crippen molar-refractivity contribution in [2.45, 2.75) is 44.1 Å². The number of carbonyl (C=O) groups excluding carboxylic acids is 1. The van der Waals surface area contributed by atoms with E-state index in [1.807, 2.05) is 0 Å². The van der Waals surface area contributed by atoms with Gasteiger partial charge in [0.05, 0.1) is 0 Å². The Morgan fingerprint density at radius 1 is 1.17 bits per heavy atom. The highest BCUT2D eigenvalue weighted by Gasteiger charge is 2.36. The molecular weight excluding hydrogens is 298 g/mol. The fourth-order valence-corrected chi connectivity index (χ4v) is 3.92. The molecular formula is C20H31N3O. The van der Waals surface area contributed by atoms with Gasteiger partial charge in [0.1, 0.15) is 0 Å². The van der Waals surface area contributed by atoms with E-state index in [2.05, 4.69) is 59.5 Å². The second-order valence-electron chi connectivity index (χ2n) is 7.62. The maximum Gasteiger partial charge on any atom is 0.317 e. The van der Waals surface area contributed by atoms with E-state index in [9.17, 15) is 4.79 Å². The van der Waals surface area contributed by atoms with Crippen LogP contribution in [0.15, 0.2) is 30.3 Å². The van der Waals surface area contributed by atoms with Gasteiger partial charge in [-0.1, -0.05) is 30.3 Å². The fourth-order valence-electron chi connectivity index (χ4n) is 3.92. The minimum atomic E-state index is 0.0146. The number of carbonyl (C=O) groups is 1. The average molecular weight is 329 g/mol. The maximum atomic E-state index is 12.5. The highest BCUT2D eigenvalue weighted by molar-refractivity contribution is 5.74. The molecule has 1 atom stereocenters. The number of nitrogens with zero attached hydrogens (tertiary/aromatic N) is 2. The molecule has 2 fully saturated rings. The van der Waals surface area contributed by atoms with E-state index in [4.69, 9.17) is 0 Å². The molecule has 132 valence electrons. The molecule has 3 rings (SSSR count). The highest BCUT2D eigenvalue weighted by atomic mass is 16.2. The van der Waals surface area contributed by atoms with Crippen LogP contribution in [0.4, 0.5) is 4.79 Å². The number of hydrogen-bond acceptors (Lipinski definition) is 2. The summed E-state index contributed by atoms with van der Waals surface area (Å²) >= 11 is 0. The van der Waals surface area contributed by atoms with E-state index in [1.54, 1.807) is 0 Å². The summed E-state index contributed by atoms with van der Waals surface area (Å²) in [6.45, 7) is 2.54. The van der Waals surface area contributed by atoms with Crippen molar-refractivity contribution in [2.24, 2.45) is 5.92 Å². The number of amides is 2. The Bertz CT molecular complexity index is 541. The number of benzene rings is 1. The number of nitrogens with one attached hydrogen (secondary N) is 1. The average Bonchev–Trinajstić information content (AvgIpc) is 3.40. The molecule has 1 aliphatic carbocycles. The summed E-state index contributed by atoms with van der Waals surface area (Å²) in [7, 11) is 4.37. The van der Waals surface area contributed by atoms with Gasteiger partial charge in [-0.25, -0.2) is 4.79 Å². The predicted octanol–water partition coefficient (Wildman–Crippen LogP) is 3.44. The van der Waals surface area contributed by atoms with Crippen molar-refractivity contribution in [2.75, 3.05) is 33.7 Å². The molecule has 1 aromatic carbocycles. The largest absolute Gasteiger partial charge is 0.338 e. The molecule has 0 bridgehead atoms. The summed E-state index contributed by atoms with van der Waals surface area (Å²) in [4.78, 5) is 16.9. The van der Waals surface area contributed by atoms with Crippen molar-refractivity contribution < 1.29 is 4.79 Å². The molecule has 2 aliphatic rings. The smallest absolute Gasteiger partial charge is 0.317 e. The van der Waals surface area contributed by atoms with Crippen LogP contribution < -0.4 is 5.32 Å². The Hall–Kier alpha value is -1.55. The molecule has 24 heavy (non-hydrogen) atoms. The number of hydrogen-bond donors (Lipinski definition) is 1. The molecule has 1 saturated carbocycles. The van der Waals surface area contributed by atoms with E-state index in [1.165, 1.54) is 18.4 Å². The summed E-state index contributed by atoms with van der Waals surface area (Å²) in [5, 5.41) is 3.11. The predicted molar refractivity (Wildman–Crippen MR) is 98.0 cm³/mol. The maximum absolute atomic E-state index is 12.5. The van der Waals surface area contributed by atoms with Crippen molar-refractivity contribution in [1.82, 2.24) is 15.1 Å². The normalized spacial score (nSPS) is 26.3. The molecule has 0 radical (unpaired) electrons. The standard InChI is InChI=1S/C20H31N3O/c1-22(2)20(18-8-4-3-5-9-18)12-6-7-14-21-19(24)23(15-13-20)16-17-10-11-17/h3-5,8-9,17H,6-7,10-16H2,1-2H3,(H,21,24). The molecule has 4 heteroatoms. The summed E-state index contributed by atoms with van der Waals surface area (Å²) in [6.07, 6.45) is 6.87.